The molecule has 1 heterocycles. The number of rotatable bonds is 2. The van der Waals surface area contributed by atoms with E-state index in [0.717, 1.165) is 15.6 Å². The van der Waals surface area contributed by atoms with E-state index in [4.69, 9.17) is 10.3 Å². The third-order valence-electron chi connectivity index (χ3n) is 2.98. The van der Waals surface area contributed by atoms with Crippen LogP contribution < -0.4 is 5.73 Å². The van der Waals surface area contributed by atoms with E-state index in [1.165, 1.54) is 12.1 Å². The van der Waals surface area contributed by atoms with Gasteiger partial charge < -0.3 is 10.3 Å². The molecular weight excluding hydrogens is 323 g/mol. The summed E-state index contributed by atoms with van der Waals surface area (Å²) in [7, 11) is 0. The number of hydrogen-bond acceptors (Lipinski definition) is 3. The summed E-state index contributed by atoms with van der Waals surface area (Å²) in [6.07, 6.45) is 0. The van der Waals surface area contributed by atoms with Crippen molar-refractivity contribution in [2.45, 2.75) is 0 Å². The van der Waals surface area contributed by atoms with Crippen molar-refractivity contribution in [2.24, 2.45) is 0 Å². The minimum Gasteiger partial charge on any atom is -0.367 e. The smallest absolute Gasteiger partial charge is 0.230 e. The van der Waals surface area contributed by atoms with Crippen LogP contribution >= 0.6 is 15.9 Å². The summed E-state index contributed by atoms with van der Waals surface area (Å²) in [5, 5.41) is 3.99. The second-order valence-electron chi connectivity index (χ2n) is 4.26. The Bertz CT molecular complexity index is 753. The Balaban J connectivity index is 2.20. The molecule has 0 bridgehead atoms. The van der Waals surface area contributed by atoms with E-state index in [2.05, 4.69) is 21.1 Å². The molecule has 0 radical (unpaired) electrons. The number of halogens is 2. The first-order chi connectivity index (χ1) is 9.66. The van der Waals surface area contributed by atoms with E-state index >= 15 is 0 Å². The van der Waals surface area contributed by atoms with Crippen LogP contribution in [0.2, 0.25) is 0 Å². The number of hydrogen-bond donors (Lipinski definition) is 1. The van der Waals surface area contributed by atoms with E-state index in [1.54, 1.807) is 12.1 Å². The molecule has 0 saturated heterocycles. The van der Waals surface area contributed by atoms with Crippen LogP contribution in [0.25, 0.3) is 22.4 Å². The lowest BCUT2D eigenvalue weighted by Gasteiger charge is -2.05. The van der Waals surface area contributed by atoms with Crippen LogP contribution in [0.1, 0.15) is 0 Å². The predicted octanol–water partition coefficient (Wildman–Crippen LogP) is 4.49. The highest BCUT2D eigenvalue weighted by atomic mass is 79.9. The average Bonchev–Trinajstić information content (AvgIpc) is 2.82. The van der Waals surface area contributed by atoms with Crippen molar-refractivity contribution in [3.63, 3.8) is 0 Å². The van der Waals surface area contributed by atoms with Crippen molar-refractivity contribution in [3.8, 4) is 22.4 Å². The van der Waals surface area contributed by atoms with Crippen molar-refractivity contribution in [1.82, 2.24) is 5.16 Å². The van der Waals surface area contributed by atoms with E-state index in [1.807, 2.05) is 24.3 Å². The maximum atomic E-state index is 13.0. The fourth-order valence-electron chi connectivity index (χ4n) is 2.03. The first-order valence-corrected chi connectivity index (χ1v) is 6.72. The minimum atomic E-state index is -0.298. The zero-order chi connectivity index (χ0) is 14.1. The summed E-state index contributed by atoms with van der Waals surface area (Å²) in [5.74, 6) is -0.0658. The van der Waals surface area contributed by atoms with Crippen LogP contribution in [0.5, 0.6) is 0 Å². The van der Waals surface area contributed by atoms with E-state index in [9.17, 15) is 4.39 Å². The topological polar surface area (TPSA) is 52.0 Å². The Morgan fingerprint density at radius 1 is 1.05 bits per heavy atom. The molecule has 0 spiro atoms. The summed E-state index contributed by atoms with van der Waals surface area (Å²) in [6, 6.07) is 13.7. The Labute approximate surface area is 123 Å². The van der Waals surface area contributed by atoms with Crippen LogP contribution in [0.3, 0.4) is 0 Å². The van der Waals surface area contributed by atoms with Gasteiger partial charge in [-0.1, -0.05) is 39.3 Å². The molecular formula is C15H10BrFN2O. The van der Waals surface area contributed by atoms with Gasteiger partial charge in [-0.15, -0.1) is 0 Å². The molecule has 3 nitrogen and oxygen atoms in total. The number of nitrogens with zero attached hydrogens (tertiary/aromatic N) is 1. The lowest BCUT2D eigenvalue weighted by atomic mass is 10.0. The van der Waals surface area contributed by atoms with Gasteiger partial charge in [-0.3, -0.25) is 0 Å². The van der Waals surface area contributed by atoms with Gasteiger partial charge in [-0.05, 0) is 30.3 Å². The van der Waals surface area contributed by atoms with Crippen LogP contribution in [0, 0.1) is 5.82 Å². The van der Waals surface area contributed by atoms with Gasteiger partial charge in [0.25, 0.3) is 0 Å². The number of benzene rings is 2. The molecule has 0 unspecified atom stereocenters. The molecule has 0 fully saturated rings. The average molecular weight is 333 g/mol. The van der Waals surface area contributed by atoms with Crippen molar-refractivity contribution in [2.75, 3.05) is 5.73 Å². The van der Waals surface area contributed by atoms with Gasteiger partial charge in [-0.2, -0.15) is 0 Å². The fourth-order valence-corrected chi connectivity index (χ4v) is 2.51. The molecule has 0 saturated carbocycles. The minimum absolute atomic E-state index is 0.233. The molecule has 1 aromatic heterocycles. The third-order valence-corrected chi connectivity index (χ3v) is 3.67. The molecule has 0 atom stereocenters. The van der Waals surface area contributed by atoms with E-state index in [0.29, 0.717) is 11.3 Å². The zero-order valence-electron chi connectivity index (χ0n) is 10.3. The molecule has 2 N–H and O–H groups in total. The van der Waals surface area contributed by atoms with Crippen molar-refractivity contribution in [3.05, 3.63) is 58.8 Å². The number of aromatic nitrogens is 1. The van der Waals surface area contributed by atoms with Crippen molar-refractivity contribution < 1.29 is 8.91 Å². The number of anilines is 1. The van der Waals surface area contributed by atoms with Gasteiger partial charge in [0.2, 0.25) is 5.88 Å². The van der Waals surface area contributed by atoms with Gasteiger partial charge in [0, 0.05) is 15.6 Å². The van der Waals surface area contributed by atoms with Gasteiger partial charge in [-0.25, -0.2) is 4.39 Å². The Morgan fingerprint density at radius 3 is 2.45 bits per heavy atom. The third kappa shape index (κ3) is 2.20. The first kappa shape index (κ1) is 12.9. The molecule has 100 valence electrons. The molecule has 0 amide bonds. The Morgan fingerprint density at radius 2 is 1.75 bits per heavy atom. The summed E-state index contributed by atoms with van der Waals surface area (Å²) >= 11 is 3.49. The van der Waals surface area contributed by atoms with Gasteiger partial charge in [0.15, 0.2) is 0 Å². The van der Waals surface area contributed by atoms with Crippen molar-refractivity contribution >= 4 is 21.8 Å². The highest BCUT2D eigenvalue weighted by molar-refractivity contribution is 9.10. The largest absolute Gasteiger partial charge is 0.367 e. The maximum Gasteiger partial charge on any atom is 0.230 e. The first-order valence-electron chi connectivity index (χ1n) is 5.93. The van der Waals surface area contributed by atoms with Gasteiger partial charge in [0.05, 0.1) is 5.56 Å². The van der Waals surface area contributed by atoms with Crippen LogP contribution in [0.4, 0.5) is 10.3 Å². The SMILES string of the molecule is Nc1onc(-c2ccc(F)cc2)c1-c1ccccc1Br. The molecule has 0 aliphatic rings. The lowest BCUT2D eigenvalue weighted by Crippen LogP contribution is -1.89. The predicted molar refractivity (Wildman–Crippen MR) is 79.4 cm³/mol. The summed E-state index contributed by atoms with van der Waals surface area (Å²) in [4.78, 5) is 0. The van der Waals surface area contributed by atoms with E-state index in [-0.39, 0.29) is 11.7 Å². The standard InChI is InChI=1S/C15H10BrFN2O/c16-12-4-2-1-3-11(12)13-14(19-20-15(13)18)9-5-7-10(17)8-6-9/h1-8H,18H2. The maximum absolute atomic E-state index is 13.0. The van der Waals surface area contributed by atoms with Crippen LogP contribution in [0.15, 0.2) is 57.5 Å². The van der Waals surface area contributed by atoms with Gasteiger partial charge >= 0.3 is 0 Å². The number of nitrogen functional groups attached to an aromatic ring is 1. The number of nitrogens with two attached hydrogens (primary N) is 1. The second kappa shape index (κ2) is 5.09. The summed E-state index contributed by atoms with van der Waals surface area (Å²) in [5.41, 5.74) is 8.80. The molecule has 5 heteroatoms. The molecule has 0 aliphatic heterocycles. The van der Waals surface area contributed by atoms with E-state index < -0.39 is 0 Å². The van der Waals surface area contributed by atoms with Crippen LogP contribution in [-0.4, -0.2) is 5.16 Å². The molecule has 20 heavy (non-hydrogen) atoms. The van der Waals surface area contributed by atoms with Crippen molar-refractivity contribution in [1.29, 1.82) is 0 Å². The summed E-state index contributed by atoms with van der Waals surface area (Å²) in [6.45, 7) is 0. The Hall–Kier alpha value is -2.14. The molecule has 0 aliphatic carbocycles. The highest BCUT2D eigenvalue weighted by Gasteiger charge is 2.19. The second-order valence-corrected chi connectivity index (χ2v) is 5.11. The highest BCUT2D eigenvalue weighted by Crippen LogP contribution is 2.39. The fraction of sp³-hybridized carbons (Fsp3) is 0. The van der Waals surface area contributed by atoms with Gasteiger partial charge in [0.1, 0.15) is 11.5 Å². The lowest BCUT2D eigenvalue weighted by molar-refractivity contribution is 0.439. The zero-order valence-corrected chi connectivity index (χ0v) is 11.9. The van der Waals surface area contributed by atoms with Crippen LogP contribution in [-0.2, 0) is 0 Å². The molecule has 3 rings (SSSR count). The quantitative estimate of drug-likeness (QED) is 0.752. The molecule has 3 aromatic rings. The molecule has 2 aromatic carbocycles. The normalized spacial score (nSPS) is 10.7. The monoisotopic (exact) mass is 332 g/mol. The summed E-state index contributed by atoms with van der Waals surface area (Å²) < 4.78 is 19.0. The Kier molecular flexibility index (Phi) is 3.28.